The first-order valence-electron chi connectivity index (χ1n) is 10.5. The highest BCUT2D eigenvalue weighted by Gasteiger charge is 2.57. The molecular formula is C19H25F2N8O2S+. The van der Waals surface area contributed by atoms with Crippen molar-refractivity contribution in [1.29, 1.82) is 0 Å². The van der Waals surface area contributed by atoms with Crippen molar-refractivity contribution >= 4 is 27.1 Å². The second-order valence-electron chi connectivity index (χ2n) is 8.48. The molecule has 1 atom stereocenters. The van der Waals surface area contributed by atoms with Gasteiger partial charge in [0, 0.05) is 45.5 Å². The third-order valence-corrected chi connectivity index (χ3v) is 8.33. The SMILES string of the molecule is CN(CC1C=C[N+](CC(F)F)=N1)S(=O)(=O)N1CCN(c2ncnc3[nH]ccc23)CC12CC2. The quantitative estimate of drug-likeness (QED) is 0.621. The normalized spacial score (nSPS) is 23.1. The number of alkyl halides is 2. The van der Waals surface area contributed by atoms with Crippen LogP contribution in [-0.4, -0.2) is 94.5 Å². The Morgan fingerprint density at radius 3 is 2.91 bits per heavy atom. The fraction of sp³-hybridized carbons (Fsp3) is 0.579. The Morgan fingerprint density at radius 1 is 1.34 bits per heavy atom. The number of nitrogens with zero attached hydrogens (tertiary/aromatic N) is 7. The van der Waals surface area contributed by atoms with Crippen LogP contribution in [0.15, 0.2) is 36.0 Å². The van der Waals surface area contributed by atoms with E-state index in [1.165, 1.54) is 28.6 Å². The van der Waals surface area contributed by atoms with E-state index >= 15 is 0 Å². The molecule has 1 spiro atoms. The van der Waals surface area contributed by atoms with Gasteiger partial charge >= 0.3 is 0 Å². The highest BCUT2D eigenvalue weighted by atomic mass is 32.2. The van der Waals surface area contributed by atoms with Crippen LogP contribution in [0.25, 0.3) is 11.0 Å². The van der Waals surface area contributed by atoms with Crippen molar-refractivity contribution in [2.24, 2.45) is 5.11 Å². The molecule has 2 aromatic rings. The molecule has 0 bridgehead atoms. The zero-order chi connectivity index (χ0) is 22.5. The van der Waals surface area contributed by atoms with Gasteiger partial charge in [-0.3, -0.25) is 0 Å². The van der Waals surface area contributed by atoms with Gasteiger partial charge < -0.3 is 9.88 Å². The number of hydrogen-bond acceptors (Lipinski definition) is 6. The summed E-state index contributed by atoms with van der Waals surface area (Å²) in [5.41, 5.74) is 0.299. The number of H-pyrrole nitrogens is 1. The predicted molar refractivity (Wildman–Crippen MR) is 113 cm³/mol. The van der Waals surface area contributed by atoms with Crippen molar-refractivity contribution in [3.05, 3.63) is 30.9 Å². The van der Waals surface area contributed by atoms with Crippen LogP contribution >= 0.6 is 0 Å². The zero-order valence-electron chi connectivity index (χ0n) is 17.6. The standard InChI is InChI=1S/C19H25F2N8O2S/c1-26(10-14-3-7-28(25-14)11-16(20)21)32(30,31)29-9-8-27(12-19(29)4-5-19)18-15-2-6-22-17(15)23-13-24-18/h2-3,6-7,13-14,16H,4-5,8-12H2,1H3,(H,22,23,24)/q+1. The molecule has 10 nitrogen and oxygen atoms in total. The van der Waals surface area contributed by atoms with Crippen LogP contribution in [-0.2, 0) is 10.2 Å². The van der Waals surface area contributed by atoms with Crippen molar-refractivity contribution in [2.45, 2.75) is 30.8 Å². The van der Waals surface area contributed by atoms with Crippen molar-refractivity contribution < 1.29 is 21.9 Å². The third kappa shape index (κ3) is 3.77. The molecule has 2 aromatic heterocycles. The van der Waals surface area contributed by atoms with E-state index in [4.69, 9.17) is 0 Å². The van der Waals surface area contributed by atoms with Gasteiger partial charge in [-0.05, 0) is 24.0 Å². The van der Waals surface area contributed by atoms with E-state index in [2.05, 4.69) is 25.0 Å². The van der Waals surface area contributed by atoms with Gasteiger partial charge in [-0.25, -0.2) is 18.7 Å². The minimum atomic E-state index is -3.73. The maximum Gasteiger partial charge on any atom is 0.298 e. The molecule has 2 fully saturated rings. The largest absolute Gasteiger partial charge is 0.353 e. The van der Waals surface area contributed by atoms with Gasteiger partial charge in [-0.2, -0.15) is 17.0 Å². The predicted octanol–water partition coefficient (Wildman–Crippen LogP) is 1.41. The summed E-state index contributed by atoms with van der Waals surface area (Å²) in [5.74, 6) is 0.807. The Balaban J connectivity index is 1.30. The lowest BCUT2D eigenvalue weighted by Gasteiger charge is -2.43. The Hall–Kier alpha value is -2.51. The van der Waals surface area contributed by atoms with Gasteiger partial charge in [0.25, 0.3) is 16.6 Å². The van der Waals surface area contributed by atoms with Gasteiger partial charge in [-0.1, -0.05) is 4.70 Å². The Morgan fingerprint density at radius 2 is 2.16 bits per heavy atom. The number of rotatable bonds is 7. The zero-order valence-corrected chi connectivity index (χ0v) is 18.4. The van der Waals surface area contributed by atoms with E-state index in [-0.39, 0.29) is 6.54 Å². The van der Waals surface area contributed by atoms with E-state index in [0.717, 1.165) is 29.7 Å². The van der Waals surface area contributed by atoms with Gasteiger partial charge in [0.05, 0.1) is 10.9 Å². The van der Waals surface area contributed by atoms with E-state index in [1.807, 2.05) is 12.3 Å². The minimum absolute atomic E-state index is 0.102. The summed E-state index contributed by atoms with van der Waals surface area (Å²) in [6.07, 6.45) is 5.52. The smallest absolute Gasteiger partial charge is 0.298 e. The first-order chi connectivity index (χ1) is 15.3. The number of nitrogens with one attached hydrogen (secondary N) is 1. The number of hydrogen-bond donors (Lipinski definition) is 1. The summed E-state index contributed by atoms with van der Waals surface area (Å²) < 4.78 is 56.0. The summed E-state index contributed by atoms with van der Waals surface area (Å²) in [4.78, 5) is 13.9. The summed E-state index contributed by atoms with van der Waals surface area (Å²) in [7, 11) is -2.21. The molecule has 0 amide bonds. The van der Waals surface area contributed by atoms with Crippen molar-refractivity contribution in [1.82, 2.24) is 23.6 Å². The molecule has 1 aliphatic carbocycles. The number of piperazine rings is 1. The summed E-state index contributed by atoms with van der Waals surface area (Å²) in [6.45, 7) is 1.03. The van der Waals surface area contributed by atoms with Crippen LogP contribution in [0.5, 0.6) is 0 Å². The second-order valence-corrected chi connectivity index (χ2v) is 10.4. The highest BCUT2D eigenvalue weighted by molar-refractivity contribution is 7.86. The number of anilines is 1. The molecule has 3 aliphatic rings. The molecular weight excluding hydrogens is 442 g/mol. The van der Waals surface area contributed by atoms with Crippen LogP contribution in [0.3, 0.4) is 0 Å². The van der Waals surface area contributed by atoms with Crippen LogP contribution in [0.2, 0.25) is 0 Å². The summed E-state index contributed by atoms with van der Waals surface area (Å²) in [6, 6.07) is 1.45. The molecule has 2 aliphatic heterocycles. The fourth-order valence-corrected chi connectivity index (χ4v) is 6.22. The number of azo groups is 2. The molecule has 1 saturated carbocycles. The molecule has 172 valence electrons. The summed E-state index contributed by atoms with van der Waals surface area (Å²) >= 11 is 0. The maximum absolute atomic E-state index is 13.4. The highest BCUT2D eigenvalue weighted by Crippen LogP contribution is 2.47. The molecule has 13 heteroatoms. The average molecular weight is 468 g/mol. The van der Waals surface area contributed by atoms with Crippen LogP contribution in [0.1, 0.15) is 12.8 Å². The number of halogens is 2. The lowest BCUT2D eigenvalue weighted by atomic mass is 10.2. The molecule has 0 aromatic carbocycles. The van der Waals surface area contributed by atoms with Crippen molar-refractivity contribution in [2.75, 3.05) is 44.7 Å². The number of likely N-dealkylation sites (N-methyl/N-ethyl adjacent to an activating group) is 1. The molecule has 0 radical (unpaired) electrons. The molecule has 1 N–H and O–H groups in total. The molecule has 4 heterocycles. The van der Waals surface area contributed by atoms with Gasteiger partial charge in [0.2, 0.25) is 6.54 Å². The van der Waals surface area contributed by atoms with Gasteiger partial charge in [0.15, 0.2) is 12.2 Å². The van der Waals surface area contributed by atoms with E-state index in [9.17, 15) is 17.2 Å². The Labute approximate surface area is 184 Å². The van der Waals surface area contributed by atoms with Crippen LogP contribution in [0, 0.1) is 0 Å². The fourth-order valence-electron chi connectivity index (χ4n) is 4.50. The topological polar surface area (TPSA) is 101 Å². The first-order valence-corrected chi connectivity index (χ1v) is 11.9. The molecule has 5 rings (SSSR count). The Bertz CT molecular complexity index is 1180. The van der Waals surface area contributed by atoms with E-state index < -0.39 is 34.8 Å². The average Bonchev–Trinajstić information content (AvgIpc) is 3.14. The van der Waals surface area contributed by atoms with Crippen molar-refractivity contribution in [3.8, 4) is 0 Å². The lowest BCUT2D eigenvalue weighted by molar-refractivity contribution is -0.536. The molecule has 1 saturated heterocycles. The van der Waals surface area contributed by atoms with Crippen LogP contribution < -0.4 is 4.90 Å². The second kappa shape index (κ2) is 7.81. The third-order valence-electron chi connectivity index (χ3n) is 6.27. The van der Waals surface area contributed by atoms with Crippen molar-refractivity contribution in [3.63, 3.8) is 0 Å². The minimum Gasteiger partial charge on any atom is -0.353 e. The number of fused-ring (bicyclic) bond motifs is 1. The number of aromatic nitrogens is 3. The number of aromatic amines is 1. The molecule has 32 heavy (non-hydrogen) atoms. The summed E-state index contributed by atoms with van der Waals surface area (Å²) in [5, 5.41) is 5.06. The van der Waals surface area contributed by atoms with Gasteiger partial charge in [0.1, 0.15) is 17.8 Å². The van der Waals surface area contributed by atoms with Crippen LogP contribution in [0.4, 0.5) is 14.6 Å². The lowest BCUT2D eigenvalue weighted by Crippen LogP contribution is -2.60. The Kier molecular flexibility index (Phi) is 5.21. The first kappa shape index (κ1) is 21.3. The van der Waals surface area contributed by atoms with Gasteiger partial charge in [-0.15, -0.1) is 0 Å². The van der Waals surface area contributed by atoms with E-state index in [1.54, 1.807) is 10.4 Å². The molecule has 1 unspecified atom stereocenters. The van der Waals surface area contributed by atoms with E-state index in [0.29, 0.717) is 19.6 Å². The maximum atomic E-state index is 13.4. The monoisotopic (exact) mass is 467 g/mol.